The number of rotatable bonds is 3. The van der Waals surface area contributed by atoms with E-state index in [1.165, 1.54) is 50.4 Å². The molecule has 0 fully saturated rings. The molecule has 0 aliphatic heterocycles. The van der Waals surface area contributed by atoms with Crippen LogP contribution in [0.2, 0.25) is 0 Å². The molecule has 0 aliphatic rings. The molecule has 0 atom stereocenters. The van der Waals surface area contributed by atoms with Crippen LogP contribution in [0.1, 0.15) is 158 Å². The molecule has 0 bridgehead atoms. The van der Waals surface area contributed by atoms with Crippen molar-refractivity contribution in [3.63, 3.8) is 0 Å². The lowest BCUT2D eigenvalue weighted by atomic mass is 9.79. The number of anilines is 3. The van der Waals surface area contributed by atoms with Gasteiger partial charge in [0, 0.05) is 17.1 Å². The van der Waals surface area contributed by atoms with Gasteiger partial charge in [0.05, 0.1) is 0 Å². The summed E-state index contributed by atoms with van der Waals surface area (Å²) in [5, 5.41) is 0. The van der Waals surface area contributed by atoms with Gasteiger partial charge in [-0.25, -0.2) is 0 Å². The van der Waals surface area contributed by atoms with E-state index in [1.807, 2.05) is 0 Å². The quantitative estimate of drug-likeness (QED) is 0.297. The summed E-state index contributed by atoms with van der Waals surface area (Å²) in [7, 11) is 0. The Morgan fingerprint density at radius 2 is 0.395 bits per heavy atom. The van der Waals surface area contributed by atoms with E-state index in [2.05, 4.69) is 184 Å². The molecule has 3 aromatic rings. The van der Waals surface area contributed by atoms with Gasteiger partial charge in [0.25, 0.3) is 0 Å². The van der Waals surface area contributed by atoms with Crippen molar-refractivity contribution in [2.75, 3.05) is 4.90 Å². The topological polar surface area (TPSA) is 3.24 Å². The van der Waals surface area contributed by atoms with Crippen LogP contribution in [-0.2, 0) is 32.5 Å². The summed E-state index contributed by atoms with van der Waals surface area (Å²) >= 11 is 0. The zero-order valence-corrected chi connectivity index (χ0v) is 31.1. The molecule has 0 saturated heterocycles. The number of benzene rings is 3. The monoisotopic (exact) mass is 581 g/mol. The molecule has 0 heterocycles. The summed E-state index contributed by atoms with van der Waals surface area (Å²) in [5.41, 5.74) is 12.0. The molecule has 0 unspecified atom stereocenters. The van der Waals surface area contributed by atoms with E-state index in [-0.39, 0.29) is 32.5 Å². The van der Waals surface area contributed by atoms with Crippen LogP contribution in [0.25, 0.3) is 0 Å². The minimum Gasteiger partial charge on any atom is -0.310 e. The van der Waals surface area contributed by atoms with E-state index in [9.17, 15) is 0 Å². The molecule has 3 aromatic carbocycles. The fourth-order valence-electron chi connectivity index (χ4n) is 5.27. The third-order valence-corrected chi connectivity index (χ3v) is 8.72. The van der Waals surface area contributed by atoms with E-state index in [4.69, 9.17) is 0 Å². The van der Waals surface area contributed by atoms with Gasteiger partial charge in [0.15, 0.2) is 0 Å². The SMILES string of the molecule is CC(C)(C)c1cc(N(c2cc(C(C)(C)C)cc(C(C)(C)C)c2)c2cc(C(C)(C)C)cc(C(C)(C)C)c2)cc(C(C)(C)C)c1. The average molecular weight is 582 g/mol. The third-order valence-electron chi connectivity index (χ3n) is 8.72. The standard InChI is InChI=1S/C42H63N/c1-37(2,3)28-19-29(38(4,5)6)23-34(22-28)43(35-24-30(39(7,8)9)20-31(25-35)40(10,11)12)36-26-32(41(13,14)15)21-33(27-36)42(16,17)18/h19-27H,1-18H3. The van der Waals surface area contributed by atoms with Crippen molar-refractivity contribution in [2.24, 2.45) is 0 Å². The first-order valence-corrected chi connectivity index (χ1v) is 16.4. The van der Waals surface area contributed by atoms with Crippen LogP contribution in [0.3, 0.4) is 0 Å². The first-order chi connectivity index (χ1) is 19.1. The highest BCUT2D eigenvalue weighted by Crippen LogP contribution is 2.44. The maximum atomic E-state index is 2.55. The van der Waals surface area contributed by atoms with Gasteiger partial charge in [-0.15, -0.1) is 0 Å². The van der Waals surface area contributed by atoms with Crippen molar-refractivity contribution in [3.8, 4) is 0 Å². The summed E-state index contributed by atoms with van der Waals surface area (Å²) < 4.78 is 0. The lowest BCUT2D eigenvalue weighted by Crippen LogP contribution is -2.22. The summed E-state index contributed by atoms with van der Waals surface area (Å²) in [6.45, 7) is 42.0. The molecule has 0 N–H and O–H groups in total. The maximum Gasteiger partial charge on any atom is 0.0467 e. The fraction of sp³-hybridized carbons (Fsp3) is 0.571. The van der Waals surface area contributed by atoms with Gasteiger partial charge in [0.1, 0.15) is 0 Å². The van der Waals surface area contributed by atoms with E-state index >= 15 is 0 Å². The van der Waals surface area contributed by atoms with Crippen LogP contribution in [0.15, 0.2) is 54.6 Å². The zero-order chi connectivity index (χ0) is 33.1. The van der Waals surface area contributed by atoms with Crippen molar-refractivity contribution in [1.82, 2.24) is 0 Å². The predicted octanol–water partition coefficient (Wildman–Crippen LogP) is 12.9. The molecule has 1 nitrogen and oxygen atoms in total. The van der Waals surface area contributed by atoms with Gasteiger partial charge < -0.3 is 4.90 Å². The molecule has 0 spiro atoms. The Morgan fingerprint density at radius 1 is 0.256 bits per heavy atom. The molecule has 43 heavy (non-hydrogen) atoms. The number of nitrogens with zero attached hydrogens (tertiary/aromatic N) is 1. The minimum atomic E-state index is 0.0232. The number of hydrogen-bond acceptors (Lipinski definition) is 1. The normalized spacial score (nSPS) is 13.8. The smallest absolute Gasteiger partial charge is 0.0467 e. The van der Waals surface area contributed by atoms with Crippen LogP contribution in [0.4, 0.5) is 17.1 Å². The third kappa shape index (κ3) is 8.34. The molecule has 0 saturated carbocycles. The fourth-order valence-corrected chi connectivity index (χ4v) is 5.27. The van der Waals surface area contributed by atoms with Gasteiger partial charge in [0.2, 0.25) is 0 Å². The Bertz CT molecular complexity index is 1170. The van der Waals surface area contributed by atoms with E-state index in [0.29, 0.717) is 0 Å². The molecule has 0 aliphatic carbocycles. The van der Waals surface area contributed by atoms with Crippen molar-refractivity contribution >= 4 is 17.1 Å². The molecule has 236 valence electrons. The van der Waals surface area contributed by atoms with E-state index in [1.54, 1.807) is 0 Å². The van der Waals surface area contributed by atoms with Crippen molar-refractivity contribution in [3.05, 3.63) is 88.0 Å². The Labute approximate surface area is 266 Å². The predicted molar refractivity (Wildman–Crippen MR) is 193 cm³/mol. The van der Waals surface area contributed by atoms with E-state index < -0.39 is 0 Å². The summed E-state index contributed by atoms with van der Waals surface area (Å²) in [5.74, 6) is 0. The van der Waals surface area contributed by atoms with Crippen molar-refractivity contribution in [2.45, 2.75) is 157 Å². The Hall–Kier alpha value is -2.54. The molecule has 0 radical (unpaired) electrons. The maximum absolute atomic E-state index is 2.55. The molecule has 1 heteroatoms. The van der Waals surface area contributed by atoms with Crippen LogP contribution < -0.4 is 4.90 Å². The molecule has 3 rings (SSSR count). The second-order valence-electron chi connectivity index (χ2n) is 19.1. The van der Waals surface area contributed by atoms with Gasteiger partial charge in [-0.2, -0.15) is 0 Å². The van der Waals surface area contributed by atoms with Gasteiger partial charge >= 0.3 is 0 Å². The Balaban J connectivity index is 2.60. The van der Waals surface area contributed by atoms with Crippen LogP contribution in [0.5, 0.6) is 0 Å². The van der Waals surface area contributed by atoms with Gasteiger partial charge in [-0.3, -0.25) is 0 Å². The highest BCUT2D eigenvalue weighted by molar-refractivity contribution is 5.79. The zero-order valence-electron chi connectivity index (χ0n) is 31.1. The average Bonchev–Trinajstić information content (AvgIpc) is 2.80. The second-order valence-corrected chi connectivity index (χ2v) is 19.1. The molecular weight excluding hydrogens is 518 g/mol. The Kier molecular flexibility index (Phi) is 9.03. The first kappa shape index (κ1) is 34.9. The minimum absolute atomic E-state index is 0.0232. The van der Waals surface area contributed by atoms with E-state index in [0.717, 1.165) is 0 Å². The lowest BCUT2D eigenvalue weighted by Gasteiger charge is -2.35. The Morgan fingerprint density at radius 3 is 0.512 bits per heavy atom. The van der Waals surface area contributed by atoms with Gasteiger partial charge in [-0.1, -0.05) is 143 Å². The highest BCUT2D eigenvalue weighted by Gasteiger charge is 2.28. The summed E-state index contributed by atoms with van der Waals surface area (Å²) in [6.07, 6.45) is 0. The summed E-state index contributed by atoms with van der Waals surface area (Å²) in [4.78, 5) is 2.55. The number of hydrogen-bond donors (Lipinski definition) is 0. The van der Waals surface area contributed by atoms with Crippen molar-refractivity contribution in [1.29, 1.82) is 0 Å². The van der Waals surface area contributed by atoms with Crippen molar-refractivity contribution < 1.29 is 0 Å². The van der Waals surface area contributed by atoms with Crippen LogP contribution in [0, 0.1) is 0 Å². The lowest BCUT2D eigenvalue weighted by molar-refractivity contribution is 0.568. The highest BCUT2D eigenvalue weighted by atomic mass is 15.1. The molecular formula is C42H63N. The summed E-state index contributed by atoms with van der Waals surface area (Å²) in [6, 6.07) is 21.9. The van der Waals surface area contributed by atoms with Gasteiger partial charge in [-0.05, 0) is 102 Å². The molecule has 0 amide bonds. The van der Waals surface area contributed by atoms with Crippen LogP contribution >= 0.6 is 0 Å². The second kappa shape index (κ2) is 11.1. The largest absolute Gasteiger partial charge is 0.310 e. The molecule has 0 aromatic heterocycles. The first-order valence-electron chi connectivity index (χ1n) is 16.4. The van der Waals surface area contributed by atoms with Crippen LogP contribution in [-0.4, -0.2) is 0 Å².